The van der Waals surface area contributed by atoms with Crippen molar-refractivity contribution in [2.75, 3.05) is 53.4 Å². The summed E-state index contributed by atoms with van der Waals surface area (Å²) in [6.07, 6.45) is 1.54. The van der Waals surface area contributed by atoms with Gasteiger partial charge in [0.25, 0.3) is 5.91 Å². The summed E-state index contributed by atoms with van der Waals surface area (Å²) in [6.45, 7) is 6.41. The molecule has 0 aliphatic carbocycles. The van der Waals surface area contributed by atoms with E-state index in [2.05, 4.69) is 53.6 Å². The Morgan fingerprint density at radius 2 is 2.00 bits per heavy atom. The molecule has 28 heavy (non-hydrogen) atoms. The molecule has 8 heteroatoms. The summed E-state index contributed by atoms with van der Waals surface area (Å²) < 4.78 is 5.24. The molecule has 1 aliphatic rings. The van der Waals surface area contributed by atoms with Crippen LogP contribution in [0.5, 0.6) is 0 Å². The Kier molecular flexibility index (Phi) is 7.11. The lowest BCUT2D eigenvalue weighted by Gasteiger charge is -2.36. The predicted molar refractivity (Wildman–Crippen MR) is 113 cm³/mol. The van der Waals surface area contributed by atoms with Crippen LogP contribution in [-0.2, 0) is 0 Å². The summed E-state index contributed by atoms with van der Waals surface area (Å²) in [7, 11) is 4.18. The normalized spacial score (nSPS) is 16.5. The highest BCUT2D eigenvalue weighted by Crippen LogP contribution is 2.23. The number of hydrogen-bond donors (Lipinski definition) is 1. The maximum absolute atomic E-state index is 12.4. The minimum Gasteiger partial charge on any atom is -0.459 e. The first kappa shape index (κ1) is 20.4. The van der Waals surface area contributed by atoms with Crippen LogP contribution in [0, 0.1) is 0 Å². The molecule has 3 rings (SSSR count). The third-order valence-corrected chi connectivity index (χ3v) is 5.82. The molecule has 2 aromatic heterocycles. The Morgan fingerprint density at radius 3 is 2.57 bits per heavy atom. The van der Waals surface area contributed by atoms with Crippen LogP contribution in [0.25, 0.3) is 0 Å². The van der Waals surface area contributed by atoms with Crippen LogP contribution >= 0.6 is 11.3 Å². The van der Waals surface area contributed by atoms with Crippen LogP contribution in [-0.4, -0.2) is 79.9 Å². The first-order valence-electron chi connectivity index (χ1n) is 9.66. The highest BCUT2D eigenvalue weighted by Gasteiger charge is 2.25. The van der Waals surface area contributed by atoms with Gasteiger partial charge in [-0.3, -0.25) is 9.79 Å². The molecule has 1 fully saturated rings. The molecule has 0 saturated carbocycles. The van der Waals surface area contributed by atoms with E-state index < -0.39 is 0 Å². The fourth-order valence-electron chi connectivity index (χ4n) is 3.26. The van der Waals surface area contributed by atoms with Crippen molar-refractivity contribution in [1.82, 2.24) is 20.0 Å². The number of carbonyl (C=O) groups is 1. The fourth-order valence-corrected chi connectivity index (χ4v) is 4.18. The summed E-state index contributed by atoms with van der Waals surface area (Å²) in [5.74, 6) is 1.27. The predicted octanol–water partition coefficient (Wildman–Crippen LogP) is 2.37. The Hall–Kier alpha value is -2.32. The number of rotatable bonds is 6. The van der Waals surface area contributed by atoms with Crippen molar-refractivity contribution in [3.63, 3.8) is 0 Å². The van der Waals surface area contributed by atoms with E-state index >= 15 is 0 Å². The van der Waals surface area contributed by atoms with Crippen LogP contribution < -0.4 is 5.32 Å². The monoisotopic (exact) mass is 403 g/mol. The molecule has 1 aliphatic heterocycles. The van der Waals surface area contributed by atoms with Gasteiger partial charge in [-0.1, -0.05) is 6.07 Å². The van der Waals surface area contributed by atoms with Gasteiger partial charge in [0.2, 0.25) is 0 Å². The average Bonchev–Trinajstić information content (AvgIpc) is 3.41. The van der Waals surface area contributed by atoms with Crippen LogP contribution in [0.4, 0.5) is 0 Å². The standard InChI is InChI=1S/C20H29N5O2S/c1-4-21-20(22-15-16(23(2)3)18-8-6-14-28-18)25-11-9-24(10-12-25)19(26)17-7-5-13-27-17/h5-8,13-14,16H,4,9-12,15H2,1-3H3,(H,21,22). The van der Waals surface area contributed by atoms with Gasteiger partial charge in [0.05, 0.1) is 18.8 Å². The van der Waals surface area contributed by atoms with Crippen molar-refractivity contribution >= 4 is 23.2 Å². The molecule has 152 valence electrons. The number of guanidine groups is 1. The topological polar surface area (TPSA) is 64.3 Å². The van der Waals surface area contributed by atoms with E-state index in [1.807, 2.05) is 4.90 Å². The van der Waals surface area contributed by atoms with Crippen LogP contribution in [0.1, 0.15) is 28.4 Å². The van der Waals surface area contributed by atoms with Gasteiger partial charge in [-0.25, -0.2) is 0 Å². The molecule has 2 aromatic rings. The van der Waals surface area contributed by atoms with Crippen LogP contribution in [0.3, 0.4) is 0 Å². The van der Waals surface area contributed by atoms with E-state index in [4.69, 9.17) is 9.41 Å². The molecule has 1 atom stereocenters. The molecule has 7 nitrogen and oxygen atoms in total. The maximum atomic E-state index is 12.4. The van der Waals surface area contributed by atoms with Gasteiger partial charge in [0, 0.05) is 37.6 Å². The number of nitrogens with zero attached hydrogens (tertiary/aromatic N) is 4. The number of aliphatic imine (C=N–C) groups is 1. The van der Waals surface area contributed by atoms with E-state index in [0.717, 1.165) is 25.6 Å². The SMILES string of the molecule is CCNC(=NCC(c1cccs1)N(C)C)N1CCN(C(=O)c2ccco2)CC1. The minimum absolute atomic E-state index is 0.0445. The second-order valence-corrected chi connectivity index (χ2v) is 7.93. The van der Waals surface area contributed by atoms with Gasteiger partial charge in [-0.15, -0.1) is 11.3 Å². The van der Waals surface area contributed by atoms with Gasteiger partial charge >= 0.3 is 0 Å². The molecular formula is C20H29N5O2S. The first-order chi connectivity index (χ1) is 13.6. The van der Waals surface area contributed by atoms with E-state index in [0.29, 0.717) is 25.4 Å². The van der Waals surface area contributed by atoms with E-state index in [1.165, 1.54) is 11.1 Å². The van der Waals surface area contributed by atoms with Gasteiger partial charge in [0.15, 0.2) is 11.7 Å². The van der Waals surface area contributed by atoms with Crippen molar-refractivity contribution < 1.29 is 9.21 Å². The van der Waals surface area contributed by atoms with Crippen molar-refractivity contribution in [2.45, 2.75) is 13.0 Å². The zero-order chi connectivity index (χ0) is 19.9. The number of carbonyl (C=O) groups excluding carboxylic acids is 1. The molecule has 1 amide bonds. The molecule has 0 aromatic carbocycles. The molecule has 1 N–H and O–H groups in total. The van der Waals surface area contributed by atoms with Crippen molar-refractivity contribution in [3.05, 3.63) is 46.5 Å². The number of nitrogens with one attached hydrogen (secondary N) is 1. The molecular weight excluding hydrogens is 374 g/mol. The lowest BCUT2D eigenvalue weighted by molar-refractivity contribution is 0.0657. The maximum Gasteiger partial charge on any atom is 0.289 e. The smallest absolute Gasteiger partial charge is 0.289 e. The van der Waals surface area contributed by atoms with Gasteiger partial charge < -0.3 is 24.4 Å². The quantitative estimate of drug-likeness (QED) is 0.593. The van der Waals surface area contributed by atoms with Gasteiger partial charge in [0.1, 0.15) is 0 Å². The van der Waals surface area contributed by atoms with Crippen LogP contribution in [0.15, 0.2) is 45.3 Å². The minimum atomic E-state index is -0.0445. The Bertz CT molecular complexity index is 750. The highest BCUT2D eigenvalue weighted by molar-refractivity contribution is 7.10. The number of amides is 1. The number of thiophene rings is 1. The Balaban J connectivity index is 1.62. The number of likely N-dealkylation sites (N-methyl/N-ethyl adjacent to an activating group) is 1. The zero-order valence-corrected chi connectivity index (χ0v) is 17.6. The molecule has 1 saturated heterocycles. The van der Waals surface area contributed by atoms with E-state index in [-0.39, 0.29) is 11.9 Å². The van der Waals surface area contributed by atoms with Gasteiger partial charge in [-0.05, 0) is 44.6 Å². The lowest BCUT2D eigenvalue weighted by Crippen LogP contribution is -2.53. The lowest BCUT2D eigenvalue weighted by atomic mass is 10.2. The number of hydrogen-bond acceptors (Lipinski definition) is 5. The van der Waals surface area contributed by atoms with Gasteiger partial charge in [-0.2, -0.15) is 0 Å². The summed E-state index contributed by atoms with van der Waals surface area (Å²) in [6, 6.07) is 7.97. The average molecular weight is 404 g/mol. The number of furan rings is 1. The second-order valence-electron chi connectivity index (χ2n) is 6.95. The first-order valence-corrected chi connectivity index (χ1v) is 10.5. The largest absolute Gasteiger partial charge is 0.459 e. The summed E-state index contributed by atoms with van der Waals surface area (Å²) in [5, 5.41) is 5.51. The van der Waals surface area contributed by atoms with Crippen molar-refractivity contribution in [3.8, 4) is 0 Å². The molecule has 0 radical (unpaired) electrons. The Labute approximate surface area is 170 Å². The van der Waals surface area contributed by atoms with E-state index in [1.54, 1.807) is 23.5 Å². The summed E-state index contributed by atoms with van der Waals surface area (Å²) in [5.41, 5.74) is 0. The fraction of sp³-hybridized carbons (Fsp3) is 0.500. The second kappa shape index (κ2) is 9.75. The highest BCUT2D eigenvalue weighted by atomic mass is 32.1. The number of piperazine rings is 1. The summed E-state index contributed by atoms with van der Waals surface area (Å²) in [4.78, 5) is 25.0. The molecule has 1 unspecified atom stereocenters. The molecule has 3 heterocycles. The third-order valence-electron chi connectivity index (χ3n) is 4.84. The molecule has 0 bridgehead atoms. The molecule has 0 spiro atoms. The zero-order valence-electron chi connectivity index (χ0n) is 16.8. The summed E-state index contributed by atoms with van der Waals surface area (Å²) >= 11 is 1.76. The third kappa shape index (κ3) is 4.94. The van der Waals surface area contributed by atoms with Crippen LogP contribution in [0.2, 0.25) is 0 Å². The Morgan fingerprint density at radius 1 is 1.25 bits per heavy atom. The van der Waals surface area contributed by atoms with Crippen molar-refractivity contribution in [2.24, 2.45) is 4.99 Å². The van der Waals surface area contributed by atoms with Crippen molar-refractivity contribution in [1.29, 1.82) is 0 Å². The van der Waals surface area contributed by atoms with E-state index in [9.17, 15) is 4.79 Å².